The highest BCUT2D eigenvalue weighted by Gasteiger charge is 2.15. The van der Waals surface area contributed by atoms with Gasteiger partial charge in [0.1, 0.15) is 0 Å². The van der Waals surface area contributed by atoms with Crippen molar-refractivity contribution in [1.82, 2.24) is 5.32 Å². The molecule has 1 aromatic rings. The van der Waals surface area contributed by atoms with E-state index in [1.165, 1.54) is 10.5 Å². The highest BCUT2D eigenvalue weighted by atomic mass is 16.4. The van der Waals surface area contributed by atoms with Crippen molar-refractivity contribution in [2.45, 2.75) is 32.7 Å². The van der Waals surface area contributed by atoms with E-state index in [0.29, 0.717) is 0 Å². The van der Waals surface area contributed by atoms with E-state index in [1.54, 1.807) is 14.0 Å². The number of urea groups is 1. The third kappa shape index (κ3) is 4.62. The van der Waals surface area contributed by atoms with E-state index in [0.717, 1.165) is 12.1 Å². The molecule has 0 aliphatic rings. The zero-order valence-electron chi connectivity index (χ0n) is 11.5. The summed E-state index contributed by atoms with van der Waals surface area (Å²) in [7, 11) is 1.66. The summed E-state index contributed by atoms with van der Waals surface area (Å²) in [6, 6.07) is 6.99. The number of carboxylic acids is 1. The molecule has 2 N–H and O–H groups in total. The van der Waals surface area contributed by atoms with Gasteiger partial charge in [-0.2, -0.15) is 0 Å². The number of aliphatic carboxylic acids is 1. The molecule has 5 nitrogen and oxygen atoms in total. The molecule has 1 atom stereocenters. The van der Waals surface area contributed by atoms with Gasteiger partial charge in [-0.05, 0) is 31.0 Å². The lowest BCUT2D eigenvalue weighted by molar-refractivity contribution is -0.137. The topological polar surface area (TPSA) is 69.6 Å². The fourth-order valence-electron chi connectivity index (χ4n) is 1.69. The van der Waals surface area contributed by atoms with Crippen LogP contribution in [-0.2, 0) is 11.2 Å². The van der Waals surface area contributed by atoms with Crippen LogP contribution in [0.3, 0.4) is 0 Å². The van der Waals surface area contributed by atoms with Crippen molar-refractivity contribution in [3.8, 4) is 0 Å². The van der Waals surface area contributed by atoms with Crippen LogP contribution in [-0.4, -0.2) is 30.2 Å². The number of amides is 2. The van der Waals surface area contributed by atoms with Gasteiger partial charge in [0.05, 0.1) is 6.42 Å². The van der Waals surface area contributed by atoms with E-state index >= 15 is 0 Å². The number of anilines is 1. The minimum atomic E-state index is -0.928. The Labute approximate surface area is 113 Å². The molecule has 1 unspecified atom stereocenters. The van der Waals surface area contributed by atoms with Crippen molar-refractivity contribution in [3.63, 3.8) is 0 Å². The summed E-state index contributed by atoms with van der Waals surface area (Å²) >= 11 is 0. The smallest absolute Gasteiger partial charge is 0.321 e. The van der Waals surface area contributed by atoms with Crippen LogP contribution < -0.4 is 10.2 Å². The van der Waals surface area contributed by atoms with Gasteiger partial charge in [-0.3, -0.25) is 9.69 Å². The van der Waals surface area contributed by atoms with Crippen LogP contribution in [0.5, 0.6) is 0 Å². The summed E-state index contributed by atoms with van der Waals surface area (Å²) < 4.78 is 0. The first-order chi connectivity index (χ1) is 8.93. The summed E-state index contributed by atoms with van der Waals surface area (Å²) in [6.45, 7) is 3.74. The molecular weight excluding hydrogens is 244 g/mol. The third-order valence-electron chi connectivity index (χ3n) is 2.89. The Bertz CT molecular complexity index is 443. The number of hydrogen-bond acceptors (Lipinski definition) is 2. The molecule has 0 spiro atoms. The maximum absolute atomic E-state index is 11.9. The Morgan fingerprint density at radius 2 is 1.89 bits per heavy atom. The van der Waals surface area contributed by atoms with Crippen LogP contribution in [0.15, 0.2) is 24.3 Å². The van der Waals surface area contributed by atoms with Gasteiger partial charge in [0.15, 0.2) is 0 Å². The molecule has 2 amide bonds. The number of hydrogen-bond donors (Lipinski definition) is 2. The minimum Gasteiger partial charge on any atom is -0.481 e. The molecule has 0 heterocycles. The second-order valence-corrected chi connectivity index (χ2v) is 4.53. The van der Waals surface area contributed by atoms with Crippen molar-refractivity contribution in [2.75, 3.05) is 11.9 Å². The predicted molar refractivity (Wildman–Crippen MR) is 74.5 cm³/mol. The summed E-state index contributed by atoms with van der Waals surface area (Å²) in [6.07, 6.45) is 0.861. The number of carbonyl (C=O) groups excluding carboxylic acids is 1. The van der Waals surface area contributed by atoms with Gasteiger partial charge in [0.2, 0.25) is 0 Å². The molecule has 0 saturated heterocycles. The van der Waals surface area contributed by atoms with Crippen molar-refractivity contribution >= 4 is 17.7 Å². The van der Waals surface area contributed by atoms with Crippen LogP contribution in [0.2, 0.25) is 0 Å². The summed E-state index contributed by atoms with van der Waals surface area (Å²) in [5.74, 6) is -0.928. The second kappa shape index (κ2) is 6.78. The van der Waals surface area contributed by atoms with Gasteiger partial charge in [-0.1, -0.05) is 19.1 Å². The number of aryl methyl sites for hydroxylation is 1. The molecule has 1 rings (SSSR count). The molecular formula is C14H20N2O3. The van der Waals surface area contributed by atoms with E-state index in [4.69, 9.17) is 5.11 Å². The van der Waals surface area contributed by atoms with Crippen molar-refractivity contribution in [2.24, 2.45) is 0 Å². The average molecular weight is 264 g/mol. The van der Waals surface area contributed by atoms with Crippen LogP contribution in [0.1, 0.15) is 25.8 Å². The number of rotatable bonds is 5. The molecule has 5 heteroatoms. The summed E-state index contributed by atoms with van der Waals surface area (Å²) in [5, 5.41) is 11.3. The highest BCUT2D eigenvalue weighted by Crippen LogP contribution is 2.14. The van der Waals surface area contributed by atoms with Crippen LogP contribution >= 0.6 is 0 Å². The Morgan fingerprint density at radius 1 is 1.32 bits per heavy atom. The lowest BCUT2D eigenvalue weighted by atomic mass is 10.1. The van der Waals surface area contributed by atoms with Crippen molar-refractivity contribution in [3.05, 3.63) is 29.8 Å². The molecule has 104 valence electrons. The fourth-order valence-corrected chi connectivity index (χ4v) is 1.69. The first-order valence-electron chi connectivity index (χ1n) is 6.29. The predicted octanol–water partition coefficient (Wildman–Crippen LogP) is 2.26. The SMILES string of the molecule is CCc1ccc(N(C)C(=O)NC(C)CC(=O)O)cc1. The third-order valence-corrected chi connectivity index (χ3v) is 2.89. The Morgan fingerprint density at radius 3 is 2.37 bits per heavy atom. The zero-order valence-corrected chi connectivity index (χ0v) is 11.5. The van der Waals surface area contributed by atoms with E-state index in [1.807, 2.05) is 24.3 Å². The van der Waals surface area contributed by atoms with E-state index < -0.39 is 12.0 Å². The van der Waals surface area contributed by atoms with Gasteiger partial charge >= 0.3 is 12.0 Å². The molecule has 0 fully saturated rings. The lowest BCUT2D eigenvalue weighted by Crippen LogP contribution is -2.42. The fraction of sp³-hybridized carbons (Fsp3) is 0.429. The first kappa shape index (κ1) is 15.0. The molecule has 19 heavy (non-hydrogen) atoms. The maximum Gasteiger partial charge on any atom is 0.321 e. The van der Waals surface area contributed by atoms with E-state index in [2.05, 4.69) is 12.2 Å². The van der Waals surface area contributed by atoms with Crippen LogP contribution in [0.4, 0.5) is 10.5 Å². The number of carbonyl (C=O) groups is 2. The summed E-state index contributed by atoms with van der Waals surface area (Å²) in [5.41, 5.74) is 1.98. The Hall–Kier alpha value is -2.04. The van der Waals surface area contributed by atoms with Gasteiger partial charge in [-0.15, -0.1) is 0 Å². The Kier molecular flexibility index (Phi) is 5.36. The quantitative estimate of drug-likeness (QED) is 0.857. The number of nitrogens with zero attached hydrogens (tertiary/aromatic N) is 1. The molecule has 0 bridgehead atoms. The van der Waals surface area contributed by atoms with Crippen LogP contribution in [0, 0.1) is 0 Å². The lowest BCUT2D eigenvalue weighted by Gasteiger charge is -2.21. The number of benzene rings is 1. The van der Waals surface area contributed by atoms with E-state index in [9.17, 15) is 9.59 Å². The van der Waals surface area contributed by atoms with Crippen molar-refractivity contribution in [1.29, 1.82) is 0 Å². The average Bonchev–Trinajstić information content (AvgIpc) is 2.36. The summed E-state index contributed by atoms with van der Waals surface area (Å²) in [4.78, 5) is 23.9. The minimum absolute atomic E-state index is 0.0889. The van der Waals surface area contributed by atoms with Gasteiger partial charge in [-0.25, -0.2) is 4.79 Å². The molecule has 0 saturated carbocycles. The number of nitrogens with one attached hydrogen (secondary N) is 1. The molecule has 1 aromatic carbocycles. The maximum atomic E-state index is 11.9. The standard InChI is InChI=1S/C14H20N2O3/c1-4-11-5-7-12(8-6-11)16(3)14(19)15-10(2)9-13(17)18/h5-8,10H,4,9H2,1-3H3,(H,15,19)(H,17,18). The first-order valence-corrected chi connectivity index (χ1v) is 6.29. The van der Waals surface area contributed by atoms with Gasteiger partial charge in [0.25, 0.3) is 0 Å². The van der Waals surface area contributed by atoms with Crippen molar-refractivity contribution < 1.29 is 14.7 Å². The van der Waals surface area contributed by atoms with E-state index in [-0.39, 0.29) is 12.5 Å². The van der Waals surface area contributed by atoms with Crippen LogP contribution in [0.25, 0.3) is 0 Å². The molecule has 0 aromatic heterocycles. The zero-order chi connectivity index (χ0) is 14.4. The normalized spacial score (nSPS) is 11.7. The highest BCUT2D eigenvalue weighted by molar-refractivity contribution is 5.91. The molecule has 0 radical (unpaired) electrons. The van der Waals surface area contributed by atoms with Gasteiger partial charge < -0.3 is 10.4 Å². The number of carboxylic acid groups (broad SMARTS) is 1. The molecule has 0 aliphatic carbocycles. The second-order valence-electron chi connectivity index (χ2n) is 4.53. The Balaban J connectivity index is 2.62. The van der Waals surface area contributed by atoms with Gasteiger partial charge in [0, 0.05) is 18.8 Å². The molecule has 0 aliphatic heterocycles. The largest absolute Gasteiger partial charge is 0.481 e. The monoisotopic (exact) mass is 264 g/mol.